The number of hydrogen-bond donors (Lipinski definition) is 1. The third-order valence-corrected chi connectivity index (χ3v) is 6.43. The van der Waals surface area contributed by atoms with Crippen LogP contribution < -0.4 is 5.32 Å². The van der Waals surface area contributed by atoms with Crippen LogP contribution in [0.15, 0.2) is 53.4 Å². The molecule has 2 aromatic rings. The van der Waals surface area contributed by atoms with E-state index in [4.69, 9.17) is 11.6 Å². The molecular formula is C24H30ClFN2O2S. The van der Waals surface area contributed by atoms with Crippen molar-refractivity contribution in [3.05, 3.63) is 64.9 Å². The standard InChI is InChI=1S/C24H30ClFN2O2S/c1-4-17(2)27-24(30)18(3)28(16-19-8-5-6-9-22(19)26)23(29)10-7-15-31-21-13-11-20(25)12-14-21/h5-6,8-9,11-14,17-18H,4,7,10,15-16H2,1-3H3,(H,27,30)/t17-,18+/m1/s1. The summed E-state index contributed by atoms with van der Waals surface area (Å²) in [4.78, 5) is 28.2. The molecule has 0 fully saturated rings. The summed E-state index contributed by atoms with van der Waals surface area (Å²) in [6.45, 7) is 5.65. The summed E-state index contributed by atoms with van der Waals surface area (Å²) in [5.41, 5.74) is 0.398. The lowest BCUT2D eigenvalue weighted by Gasteiger charge is -2.30. The first-order valence-corrected chi connectivity index (χ1v) is 11.9. The Balaban J connectivity index is 2.01. The summed E-state index contributed by atoms with van der Waals surface area (Å²) in [6, 6.07) is 13.2. The molecule has 0 aromatic heterocycles. The van der Waals surface area contributed by atoms with Gasteiger partial charge in [0.25, 0.3) is 0 Å². The molecule has 0 heterocycles. The van der Waals surface area contributed by atoms with Crippen LogP contribution in [-0.2, 0) is 16.1 Å². The Bertz CT molecular complexity index is 863. The molecule has 0 bridgehead atoms. The van der Waals surface area contributed by atoms with Crippen LogP contribution in [-0.4, -0.2) is 34.6 Å². The number of thioether (sulfide) groups is 1. The molecule has 7 heteroatoms. The molecule has 0 radical (unpaired) electrons. The largest absolute Gasteiger partial charge is 0.352 e. The van der Waals surface area contributed by atoms with Gasteiger partial charge < -0.3 is 10.2 Å². The second-order valence-electron chi connectivity index (χ2n) is 7.51. The van der Waals surface area contributed by atoms with E-state index in [0.29, 0.717) is 17.0 Å². The van der Waals surface area contributed by atoms with E-state index in [0.717, 1.165) is 17.1 Å². The third kappa shape index (κ3) is 8.19. The summed E-state index contributed by atoms with van der Waals surface area (Å²) < 4.78 is 14.2. The number of amides is 2. The highest BCUT2D eigenvalue weighted by molar-refractivity contribution is 7.99. The van der Waals surface area contributed by atoms with E-state index < -0.39 is 6.04 Å². The zero-order valence-corrected chi connectivity index (χ0v) is 19.8. The van der Waals surface area contributed by atoms with Crippen molar-refractivity contribution >= 4 is 35.2 Å². The number of benzene rings is 2. The SMILES string of the molecule is CC[C@@H](C)NC(=O)[C@H](C)N(Cc1ccccc1F)C(=O)CCCSc1ccc(Cl)cc1. The van der Waals surface area contributed by atoms with E-state index in [-0.39, 0.29) is 36.6 Å². The van der Waals surface area contributed by atoms with E-state index in [1.54, 1.807) is 36.9 Å². The fraction of sp³-hybridized carbons (Fsp3) is 0.417. The van der Waals surface area contributed by atoms with Gasteiger partial charge in [0.05, 0.1) is 0 Å². The zero-order valence-electron chi connectivity index (χ0n) is 18.2. The molecule has 2 amide bonds. The monoisotopic (exact) mass is 464 g/mol. The number of nitrogens with zero attached hydrogens (tertiary/aromatic N) is 1. The van der Waals surface area contributed by atoms with Gasteiger partial charge in [0.1, 0.15) is 11.9 Å². The topological polar surface area (TPSA) is 49.4 Å². The Morgan fingerprint density at radius 3 is 2.45 bits per heavy atom. The fourth-order valence-corrected chi connectivity index (χ4v) is 3.93. The van der Waals surface area contributed by atoms with E-state index in [9.17, 15) is 14.0 Å². The Morgan fingerprint density at radius 2 is 1.81 bits per heavy atom. The molecule has 31 heavy (non-hydrogen) atoms. The Labute approximate surface area is 193 Å². The van der Waals surface area contributed by atoms with E-state index >= 15 is 0 Å². The predicted molar refractivity (Wildman–Crippen MR) is 126 cm³/mol. The Morgan fingerprint density at radius 1 is 1.13 bits per heavy atom. The van der Waals surface area contributed by atoms with Crippen LogP contribution in [0.1, 0.15) is 45.6 Å². The Kier molecular flexibility index (Phi) is 10.3. The molecule has 168 valence electrons. The van der Waals surface area contributed by atoms with Gasteiger partial charge in [-0.2, -0.15) is 0 Å². The van der Waals surface area contributed by atoms with Crippen molar-refractivity contribution in [2.75, 3.05) is 5.75 Å². The quantitative estimate of drug-likeness (QED) is 0.343. The van der Waals surface area contributed by atoms with Crippen molar-refractivity contribution in [2.24, 2.45) is 0 Å². The lowest BCUT2D eigenvalue weighted by molar-refractivity contribution is -0.140. The predicted octanol–water partition coefficient (Wildman–Crippen LogP) is 5.68. The second-order valence-corrected chi connectivity index (χ2v) is 9.12. The van der Waals surface area contributed by atoms with Gasteiger partial charge in [-0.15, -0.1) is 11.8 Å². The molecule has 2 aromatic carbocycles. The van der Waals surface area contributed by atoms with Gasteiger partial charge in [-0.1, -0.05) is 36.7 Å². The minimum atomic E-state index is -0.690. The van der Waals surface area contributed by atoms with E-state index in [1.165, 1.54) is 11.0 Å². The summed E-state index contributed by atoms with van der Waals surface area (Å²) in [7, 11) is 0. The molecule has 0 aliphatic rings. The minimum Gasteiger partial charge on any atom is -0.352 e. The number of carbonyl (C=O) groups excluding carboxylic acids is 2. The highest BCUT2D eigenvalue weighted by Gasteiger charge is 2.27. The highest BCUT2D eigenvalue weighted by Crippen LogP contribution is 2.22. The van der Waals surface area contributed by atoms with Crippen molar-refractivity contribution in [3.63, 3.8) is 0 Å². The van der Waals surface area contributed by atoms with Crippen LogP contribution in [0.3, 0.4) is 0 Å². The van der Waals surface area contributed by atoms with Crippen molar-refractivity contribution < 1.29 is 14.0 Å². The van der Waals surface area contributed by atoms with Gasteiger partial charge in [0.2, 0.25) is 11.8 Å². The van der Waals surface area contributed by atoms with Crippen LogP contribution >= 0.6 is 23.4 Å². The van der Waals surface area contributed by atoms with Crippen molar-refractivity contribution in [2.45, 2.75) is 63.6 Å². The molecule has 0 spiro atoms. The van der Waals surface area contributed by atoms with Crippen molar-refractivity contribution in [3.8, 4) is 0 Å². The van der Waals surface area contributed by atoms with E-state index in [2.05, 4.69) is 5.32 Å². The lowest BCUT2D eigenvalue weighted by Crippen LogP contribution is -2.49. The van der Waals surface area contributed by atoms with Crippen LogP contribution in [0, 0.1) is 5.82 Å². The number of hydrogen-bond acceptors (Lipinski definition) is 3. The van der Waals surface area contributed by atoms with Crippen molar-refractivity contribution in [1.29, 1.82) is 0 Å². The van der Waals surface area contributed by atoms with Crippen LogP contribution in [0.4, 0.5) is 4.39 Å². The summed E-state index contributed by atoms with van der Waals surface area (Å²) >= 11 is 7.55. The maximum Gasteiger partial charge on any atom is 0.242 e. The molecule has 0 saturated carbocycles. The summed E-state index contributed by atoms with van der Waals surface area (Å²) in [5, 5.41) is 3.60. The molecule has 0 unspecified atom stereocenters. The number of rotatable bonds is 11. The minimum absolute atomic E-state index is 0.0103. The first-order valence-electron chi connectivity index (χ1n) is 10.5. The second kappa shape index (κ2) is 12.7. The maximum atomic E-state index is 14.2. The molecule has 2 rings (SSSR count). The molecule has 1 N–H and O–H groups in total. The molecule has 4 nitrogen and oxygen atoms in total. The normalized spacial score (nSPS) is 12.8. The van der Waals surface area contributed by atoms with Crippen LogP contribution in [0.5, 0.6) is 0 Å². The first-order chi connectivity index (χ1) is 14.8. The van der Waals surface area contributed by atoms with Gasteiger partial charge in [-0.05, 0) is 62.8 Å². The van der Waals surface area contributed by atoms with Gasteiger partial charge in [-0.25, -0.2) is 4.39 Å². The van der Waals surface area contributed by atoms with Gasteiger partial charge in [0.15, 0.2) is 0 Å². The van der Waals surface area contributed by atoms with Gasteiger partial charge >= 0.3 is 0 Å². The average Bonchev–Trinajstić information content (AvgIpc) is 2.76. The van der Waals surface area contributed by atoms with Crippen LogP contribution in [0.25, 0.3) is 0 Å². The molecular weight excluding hydrogens is 435 g/mol. The third-order valence-electron chi connectivity index (χ3n) is 5.08. The molecule has 0 aliphatic carbocycles. The fourth-order valence-electron chi connectivity index (χ4n) is 2.95. The summed E-state index contributed by atoms with van der Waals surface area (Å²) in [6.07, 6.45) is 1.73. The van der Waals surface area contributed by atoms with E-state index in [1.807, 2.05) is 38.1 Å². The van der Waals surface area contributed by atoms with Crippen molar-refractivity contribution in [1.82, 2.24) is 10.2 Å². The molecule has 0 aliphatic heterocycles. The average molecular weight is 465 g/mol. The Hall–Kier alpha value is -2.05. The number of carbonyl (C=O) groups is 2. The summed E-state index contributed by atoms with van der Waals surface area (Å²) in [5.74, 6) is -0.0107. The smallest absolute Gasteiger partial charge is 0.242 e. The maximum absolute atomic E-state index is 14.2. The van der Waals surface area contributed by atoms with Gasteiger partial charge in [0, 0.05) is 34.5 Å². The first kappa shape index (κ1) is 25.2. The van der Waals surface area contributed by atoms with Gasteiger partial charge in [-0.3, -0.25) is 9.59 Å². The number of halogens is 2. The zero-order chi connectivity index (χ0) is 22.8. The number of nitrogens with one attached hydrogen (secondary N) is 1. The lowest BCUT2D eigenvalue weighted by atomic mass is 10.1. The molecule has 0 saturated heterocycles. The van der Waals surface area contributed by atoms with Crippen LogP contribution in [0.2, 0.25) is 5.02 Å². The molecule has 2 atom stereocenters. The highest BCUT2D eigenvalue weighted by atomic mass is 35.5.